The molecule has 11 heteroatoms. The maximum absolute atomic E-state index is 13.7. The van der Waals surface area contributed by atoms with Crippen molar-refractivity contribution in [1.82, 2.24) is 28.8 Å². The van der Waals surface area contributed by atoms with Crippen LogP contribution in [0.5, 0.6) is 5.75 Å². The molecule has 0 bridgehead atoms. The fourth-order valence-corrected chi connectivity index (χ4v) is 6.59. The predicted molar refractivity (Wildman–Crippen MR) is 154 cm³/mol. The highest BCUT2D eigenvalue weighted by atomic mass is 32.2. The van der Waals surface area contributed by atoms with Crippen molar-refractivity contribution in [2.75, 3.05) is 32.8 Å². The molecule has 2 aromatic carbocycles. The average Bonchev–Trinajstić information content (AvgIpc) is 3.32. The van der Waals surface area contributed by atoms with Crippen molar-refractivity contribution < 1.29 is 13.2 Å². The van der Waals surface area contributed by atoms with Crippen molar-refractivity contribution in [1.29, 1.82) is 0 Å². The Morgan fingerprint density at radius 3 is 2.42 bits per heavy atom. The summed E-state index contributed by atoms with van der Waals surface area (Å²) in [5, 5.41) is 4.73. The summed E-state index contributed by atoms with van der Waals surface area (Å²) in [6.45, 7) is 9.10. The minimum absolute atomic E-state index is 0.138. The van der Waals surface area contributed by atoms with Gasteiger partial charge in [0.25, 0.3) is 5.56 Å². The number of aryl methyl sites for hydroxylation is 2. The van der Waals surface area contributed by atoms with E-state index in [2.05, 4.69) is 27.0 Å². The van der Waals surface area contributed by atoms with E-state index in [1.807, 2.05) is 39.0 Å². The number of imidazole rings is 1. The van der Waals surface area contributed by atoms with Crippen LogP contribution in [0, 0.1) is 0 Å². The topological polar surface area (TPSA) is 113 Å². The van der Waals surface area contributed by atoms with Crippen LogP contribution in [0.2, 0.25) is 0 Å². The number of hydrogen-bond acceptors (Lipinski definition) is 7. The number of piperazine rings is 1. The molecule has 0 aliphatic carbocycles. The average molecular weight is 565 g/mol. The lowest BCUT2D eigenvalue weighted by molar-refractivity contribution is 0.181. The fourth-order valence-electron chi connectivity index (χ4n) is 5.14. The van der Waals surface area contributed by atoms with Gasteiger partial charge in [0.05, 0.1) is 22.8 Å². The van der Waals surface area contributed by atoms with Crippen LogP contribution in [-0.2, 0) is 29.4 Å². The third kappa shape index (κ3) is 5.54. The van der Waals surface area contributed by atoms with Gasteiger partial charge in [0.15, 0.2) is 11.3 Å². The van der Waals surface area contributed by atoms with Gasteiger partial charge in [0, 0.05) is 39.1 Å². The van der Waals surface area contributed by atoms with Gasteiger partial charge < -0.3 is 9.72 Å². The van der Waals surface area contributed by atoms with E-state index in [1.54, 1.807) is 22.7 Å². The van der Waals surface area contributed by atoms with Gasteiger partial charge in [0.1, 0.15) is 11.6 Å². The van der Waals surface area contributed by atoms with E-state index in [0.29, 0.717) is 74.0 Å². The van der Waals surface area contributed by atoms with Crippen molar-refractivity contribution in [3.63, 3.8) is 0 Å². The van der Waals surface area contributed by atoms with Gasteiger partial charge in [-0.15, -0.1) is 5.10 Å². The highest BCUT2D eigenvalue weighted by molar-refractivity contribution is 7.89. The summed E-state index contributed by atoms with van der Waals surface area (Å²) >= 11 is 0. The SMILES string of the molecule is CCCc1nc(CC)c2c(=O)[nH]c(-c3cc(S(=O)(=O)N4CCN(Cc5ccccc5)CC4)ccc3OCC)nn12. The lowest BCUT2D eigenvalue weighted by Gasteiger charge is -2.34. The first kappa shape index (κ1) is 28.0. The summed E-state index contributed by atoms with van der Waals surface area (Å²) in [6.07, 6.45) is 2.12. The molecular weight excluding hydrogens is 528 g/mol. The standard InChI is InChI=1S/C29H36N6O4S/c1-4-10-26-30-24(5-2)27-29(36)31-28(32-35(26)27)23-19-22(13-14-25(23)39-6-3)40(37,38)34-17-15-33(16-18-34)20-21-11-8-7-9-12-21/h7-9,11-14,19H,4-6,10,15-18,20H2,1-3H3,(H,31,32,36). The van der Waals surface area contributed by atoms with Crippen molar-refractivity contribution in [2.24, 2.45) is 0 Å². The summed E-state index contributed by atoms with van der Waals surface area (Å²) in [4.78, 5) is 23.1. The minimum atomic E-state index is -3.78. The highest BCUT2D eigenvalue weighted by Gasteiger charge is 2.30. The third-order valence-electron chi connectivity index (χ3n) is 7.17. The number of aromatic amines is 1. The van der Waals surface area contributed by atoms with Gasteiger partial charge >= 0.3 is 0 Å². The summed E-state index contributed by atoms with van der Waals surface area (Å²) in [5.41, 5.74) is 2.42. The molecule has 40 heavy (non-hydrogen) atoms. The normalized spacial score (nSPS) is 15.1. The van der Waals surface area contributed by atoms with E-state index in [1.165, 1.54) is 9.87 Å². The van der Waals surface area contributed by atoms with Crippen LogP contribution >= 0.6 is 0 Å². The number of hydrogen-bond donors (Lipinski definition) is 1. The molecule has 1 N–H and O–H groups in total. The lowest BCUT2D eigenvalue weighted by Crippen LogP contribution is -2.48. The number of sulfonamides is 1. The molecule has 0 atom stereocenters. The van der Waals surface area contributed by atoms with Crippen molar-refractivity contribution in [2.45, 2.75) is 51.5 Å². The zero-order chi connectivity index (χ0) is 28.3. The second-order valence-corrected chi connectivity index (χ2v) is 11.8. The molecule has 0 radical (unpaired) electrons. The molecule has 1 aliphatic rings. The molecule has 10 nitrogen and oxygen atoms in total. The molecule has 5 rings (SSSR count). The molecule has 1 aliphatic heterocycles. The Morgan fingerprint density at radius 1 is 1.00 bits per heavy atom. The predicted octanol–water partition coefficient (Wildman–Crippen LogP) is 3.50. The zero-order valence-corrected chi connectivity index (χ0v) is 24.1. The molecular formula is C29H36N6O4S. The Kier molecular flexibility index (Phi) is 8.34. The van der Waals surface area contributed by atoms with Crippen LogP contribution in [0.3, 0.4) is 0 Å². The number of ether oxygens (including phenoxy) is 1. The molecule has 1 fully saturated rings. The summed E-state index contributed by atoms with van der Waals surface area (Å²) in [7, 11) is -3.78. The van der Waals surface area contributed by atoms with Gasteiger partial charge in [-0.3, -0.25) is 9.69 Å². The molecule has 0 unspecified atom stereocenters. The van der Waals surface area contributed by atoms with Crippen LogP contribution in [0.25, 0.3) is 16.9 Å². The van der Waals surface area contributed by atoms with Crippen molar-refractivity contribution >= 4 is 15.5 Å². The van der Waals surface area contributed by atoms with E-state index < -0.39 is 10.0 Å². The van der Waals surface area contributed by atoms with Crippen LogP contribution in [0.1, 0.15) is 44.3 Å². The number of aromatic nitrogens is 4. The van der Waals surface area contributed by atoms with Gasteiger partial charge in [-0.25, -0.2) is 17.9 Å². The minimum Gasteiger partial charge on any atom is -0.493 e. The second kappa shape index (κ2) is 11.9. The Balaban J connectivity index is 1.47. The number of nitrogens with zero attached hydrogens (tertiary/aromatic N) is 5. The molecule has 0 saturated carbocycles. The van der Waals surface area contributed by atoms with Crippen LogP contribution in [0.4, 0.5) is 0 Å². The second-order valence-electron chi connectivity index (χ2n) is 9.90. The maximum Gasteiger partial charge on any atom is 0.277 e. The van der Waals surface area contributed by atoms with E-state index in [-0.39, 0.29) is 16.3 Å². The van der Waals surface area contributed by atoms with Crippen LogP contribution < -0.4 is 10.3 Å². The monoisotopic (exact) mass is 564 g/mol. The summed E-state index contributed by atoms with van der Waals surface area (Å²) in [6, 6.07) is 14.9. The highest BCUT2D eigenvalue weighted by Crippen LogP contribution is 2.32. The first-order valence-electron chi connectivity index (χ1n) is 13.9. The first-order valence-corrected chi connectivity index (χ1v) is 15.3. The molecule has 1 saturated heterocycles. The van der Waals surface area contributed by atoms with E-state index in [9.17, 15) is 13.2 Å². The molecule has 0 amide bonds. The van der Waals surface area contributed by atoms with E-state index in [0.717, 1.165) is 13.0 Å². The van der Waals surface area contributed by atoms with Crippen molar-refractivity contribution in [3.05, 3.63) is 76.0 Å². The van der Waals surface area contributed by atoms with Gasteiger partial charge in [-0.1, -0.05) is 44.2 Å². The zero-order valence-electron chi connectivity index (χ0n) is 23.3. The number of nitrogens with one attached hydrogen (secondary N) is 1. The number of fused-ring (bicyclic) bond motifs is 1. The number of rotatable bonds is 10. The molecule has 212 valence electrons. The summed E-state index contributed by atoms with van der Waals surface area (Å²) < 4.78 is 36.4. The summed E-state index contributed by atoms with van der Waals surface area (Å²) in [5.74, 6) is 1.39. The molecule has 4 aromatic rings. The maximum atomic E-state index is 13.7. The van der Waals surface area contributed by atoms with Crippen LogP contribution in [0.15, 0.2) is 58.2 Å². The molecule has 0 spiro atoms. The Hall–Kier alpha value is -3.54. The molecule has 3 heterocycles. The van der Waals surface area contributed by atoms with E-state index in [4.69, 9.17) is 9.84 Å². The van der Waals surface area contributed by atoms with Gasteiger partial charge in [0.2, 0.25) is 10.0 Å². The van der Waals surface area contributed by atoms with Crippen molar-refractivity contribution in [3.8, 4) is 17.1 Å². The third-order valence-corrected chi connectivity index (χ3v) is 9.07. The molecule has 2 aromatic heterocycles. The largest absolute Gasteiger partial charge is 0.493 e. The van der Waals surface area contributed by atoms with E-state index >= 15 is 0 Å². The fraction of sp³-hybridized carbons (Fsp3) is 0.414. The Bertz CT molecular complexity index is 1640. The van der Waals surface area contributed by atoms with Gasteiger partial charge in [-0.05, 0) is 43.5 Å². The Morgan fingerprint density at radius 2 is 1.75 bits per heavy atom. The first-order chi connectivity index (χ1) is 19.3. The number of H-pyrrole nitrogens is 1. The van der Waals surface area contributed by atoms with Crippen LogP contribution in [-0.4, -0.2) is 70.0 Å². The smallest absolute Gasteiger partial charge is 0.277 e. The van der Waals surface area contributed by atoms with Gasteiger partial charge in [-0.2, -0.15) is 4.31 Å². The number of benzene rings is 2. The lowest BCUT2D eigenvalue weighted by atomic mass is 10.2. The Labute approximate surface area is 234 Å². The quantitative estimate of drug-likeness (QED) is 0.314.